The predicted octanol–water partition coefficient (Wildman–Crippen LogP) is 1.41. The zero-order valence-electron chi connectivity index (χ0n) is 13.0. The summed E-state index contributed by atoms with van der Waals surface area (Å²) in [6.45, 7) is 3.01. The number of hydrogen-bond donors (Lipinski definition) is 1. The second-order valence-electron chi connectivity index (χ2n) is 5.35. The van der Waals surface area contributed by atoms with Crippen molar-refractivity contribution >= 4 is 28.6 Å². The van der Waals surface area contributed by atoms with Gasteiger partial charge in [0.1, 0.15) is 0 Å². The molecule has 2 heterocycles. The Kier molecular flexibility index (Phi) is 4.51. The average molecular weight is 341 g/mol. The second kappa shape index (κ2) is 6.57. The molecule has 1 unspecified atom stereocenters. The van der Waals surface area contributed by atoms with Crippen LogP contribution >= 0.6 is 11.3 Å². The highest BCUT2D eigenvalue weighted by Gasteiger charge is 2.39. The number of nitrogens with one attached hydrogen (secondary N) is 1. The standard InChI is InChI=1S/C13H19N5O4S/c1-3-17-7-6-9(22-11(19)14-8-4-5-8)18(13(17)20)10-15-16-12(21-2)23-10/h8-9H,3-7H2,1-2H3,(H,14,19). The molecule has 3 amide bonds. The molecule has 1 saturated heterocycles. The lowest BCUT2D eigenvalue weighted by Gasteiger charge is -2.38. The van der Waals surface area contributed by atoms with Crippen LogP contribution in [0.3, 0.4) is 0 Å². The first-order valence-electron chi connectivity index (χ1n) is 7.55. The third-order valence-corrected chi connectivity index (χ3v) is 4.60. The number of carbonyl (C=O) groups is 2. The summed E-state index contributed by atoms with van der Waals surface area (Å²) in [6, 6.07) is -0.0502. The number of urea groups is 1. The van der Waals surface area contributed by atoms with Crippen molar-refractivity contribution in [1.29, 1.82) is 0 Å². The van der Waals surface area contributed by atoms with Crippen LogP contribution in [0, 0.1) is 0 Å². The maximum absolute atomic E-state index is 12.6. The van der Waals surface area contributed by atoms with Crippen LogP contribution in [0.2, 0.25) is 0 Å². The lowest BCUT2D eigenvalue weighted by atomic mass is 10.2. The number of nitrogens with zero attached hydrogens (tertiary/aromatic N) is 4. The Balaban J connectivity index is 1.77. The van der Waals surface area contributed by atoms with Gasteiger partial charge in [0.25, 0.3) is 5.19 Å². The smallest absolute Gasteiger partial charge is 0.409 e. The van der Waals surface area contributed by atoms with Gasteiger partial charge in [-0.25, -0.2) is 14.5 Å². The second-order valence-corrected chi connectivity index (χ2v) is 6.27. The van der Waals surface area contributed by atoms with Gasteiger partial charge in [-0.15, -0.1) is 5.10 Å². The molecule has 3 rings (SSSR count). The fourth-order valence-electron chi connectivity index (χ4n) is 2.31. The SMILES string of the molecule is CCN1CCC(OC(=O)NC2CC2)N(c2nnc(OC)s2)C1=O. The third-order valence-electron chi connectivity index (χ3n) is 3.71. The van der Waals surface area contributed by atoms with E-state index >= 15 is 0 Å². The molecule has 10 heteroatoms. The summed E-state index contributed by atoms with van der Waals surface area (Å²) in [5.41, 5.74) is 0. The lowest BCUT2D eigenvalue weighted by Crippen LogP contribution is -2.56. The number of aromatic nitrogens is 2. The van der Waals surface area contributed by atoms with Crippen molar-refractivity contribution in [3.8, 4) is 5.19 Å². The lowest BCUT2D eigenvalue weighted by molar-refractivity contribution is 0.0714. The van der Waals surface area contributed by atoms with Crippen molar-refractivity contribution in [2.75, 3.05) is 25.1 Å². The number of carbonyl (C=O) groups excluding carboxylic acids is 2. The number of ether oxygens (including phenoxy) is 2. The van der Waals surface area contributed by atoms with Crippen molar-refractivity contribution < 1.29 is 19.1 Å². The van der Waals surface area contributed by atoms with Crippen molar-refractivity contribution in [1.82, 2.24) is 20.4 Å². The van der Waals surface area contributed by atoms with E-state index in [4.69, 9.17) is 9.47 Å². The van der Waals surface area contributed by atoms with Crippen LogP contribution in [0.5, 0.6) is 5.19 Å². The van der Waals surface area contributed by atoms with E-state index in [1.807, 2.05) is 6.92 Å². The van der Waals surface area contributed by atoms with Gasteiger partial charge in [0.2, 0.25) is 5.13 Å². The maximum atomic E-state index is 12.6. The Hall–Kier alpha value is -2.10. The Morgan fingerprint density at radius 1 is 1.39 bits per heavy atom. The first-order valence-corrected chi connectivity index (χ1v) is 8.36. The zero-order valence-corrected chi connectivity index (χ0v) is 13.8. The van der Waals surface area contributed by atoms with Crippen LogP contribution in [0.15, 0.2) is 0 Å². The molecular formula is C13H19N5O4S. The van der Waals surface area contributed by atoms with Gasteiger partial charge >= 0.3 is 12.1 Å². The van der Waals surface area contributed by atoms with E-state index in [9.17, 15) is 9.59 Å². The van der Waals surface area contributed by atoms with E-state index in [2.05, 4.69) is 15.5 Å². The molecule has 126 valence electrons. The van der Waals surface area contributed by atoms with E-state index in [0.29, 0.717) is 29.8 Å². The van der Waals surface area contributed by atoms with E-state index in [0.717, 1.165) is 24.2 Å². The molecule has 0 bridgehead atoms. The number of methoxy groups -OCH3 is 1. The molecule has 2 aliphatic rings. The maximum Gasteiger partial charge on any atom is 0.409 e. The first kappa shape index (κ1) is 15.8. The average Bonchev–Trinajstić information content (AvgIpc) is 3.22. The minimum absolute atomic E-state index is 0.198. The van der Waals surface area contributed by atoms with Gasteiger partial charge < -0.3 is 19.7 Å². The van der Waals surface area contributed by atoms with E-state index in [1.165, 1.54) is 12.0 Å². The molecule has 1 aromatic rings. The molecule has 23 heavy (non-hydrogen) atoms. The number of alkyl carbamates (subject to hydrolysis) is 1. The molecule has 2 fully saturated rings. The molecule has 0 radical (unpaired) electrons. The van der Waals surface area contributed by atoms with Crippen molar-refractivity contribution in [3.05, 3.63) is 0 Å². The van der Waals surface area contributed by atoms with Crippen LogP contribution < -0.4 is 15.0 Å². The normalized spacial score (nSPS) is 21.3. The first-order chi connectivity index (χ1) is 11.1. The molecule has 1 saturated carbocycles. The van der Waals surface area contributed by atoms with Gasteiger partial charge in [0.05, 0.1) is 7.11 Å². The predicted molar refractivity (Wildman–Crippen MR) is 82.6 cm³/mol. The molecular weight excluding hydrogens is 322 g/mol. The van der Waals surface area contributed by atoms with Crippen LogP contribution in [0.25, 0.3) is 0 Å². The molecule has 1 aliphatic heterocycles. The van der Waals surface area contributed by atoms with E-state index in [-0.39, 0.29) is 12.1 Å². The van der Waals surface area contributed by atoms with Gasteiger partial charge in [-0.1, -0.05) is 5.10 Å². The molecule has 1 N–H and O–H groups in total. The van der Waals surface area contributed by atoms with E-state index in [1.54, 1.807) is 4.90 Å². The van der Waals surface area contributed by atoms with Crippen LogP contribution in [-0.4, -0.2) is 59.7 Å². The Morgan fingerprint density at radius 3 is 2.78 bits per heavy atom. The van der Waals surface area contributed by atoms with Gasteiger partial charge in [0.15, 0.2) is 6.23 Å². The van der Waals surface area contributed by atoms with Crippen molar-refractivity contribution in [2.24, 2.45) is 0 Å². The third kappa shape index (κ3) is 3.46. The largest absolute Gasteiger partial charge is 0.472 e. The minimum Gasteiger partial charge on any atom is -0.472 e. The fraction of sp³-hybridized carbons (Fsp3) is 0.692. The molecule has 0 spiro atoms. The van der Waals surface area contributed by atoms with Gasteiger partial charge in [-0.05, 0) is 31.1 Å². The number of rotatable bonds is 5. The number of amides is 3. The van der Waals surface area contributed by atoms with Crippen LogP contribution in [0.1, 0.15) is 26.2 Å². The summed E-state index contributed by atoms with van der Waals surface area (Å²) >= 11 is 1.14. The van der Waals surface area contributed by atoms with E-state index < -0.39 is 12.3 Å². The summed E-state index contributed by atoms with van der Waals surface area (Å²) < 4.78 is 10.5. The number of anilines is 1. The van der Waals surface area contributed by atoms with Gasteiger partial charge in [-0.3, -0.25) is 0 Å². The molecule has 9 nitrogen and oxygen atoms in total. The molecule has 1 atom stereocenters. The highest BCUT2D eigenvalue weighted by molar-refractivity contribution is 7.17. The summed E-state index contributed by atoms with van der Waals surface area (Å²) in [4.78, 5) is 27.6. The minimum atomic E-state index is -0.693. The van der Waals surface area contributed by atoms with Crippen molar-refractivity contribution in [2.45, 2.75) is 38.5 Å². The Bertz CT molecular complexity index is 591. The topological polar surface area (TPSA) is 96.9 Å². The fourth-order valence-corrected chi connectivity index (χ4v) is 3.01. The summed E-state index contributed by atoms with van der Waals surface area (Å²) in [7, 11) is 1.48. The van der Waals surface area contributed by atoms with Crippen LogP contribution in [-0.2, 0) is 4.74 Å². The molecule has 0 aromatic carbocycles. The monoisotopic (exact) mass is 341 g/mol. The molecule has 1 aromatic heterocycles. The highest BCUT2D eigenvalue weighted by Crippen LogP contribution is 2.31. The Morgan fingerprint density at radius 2 is 2.17 bits per heavy atom. The zero-order chi connectivity index (χ0) is 16.4. The van der Waals surface area contributed by atoms with Crippen LogP contribution in [0.4, 0.5) is 14.7 Å². The summed E-state index contributed by atoms with van der Waals surface area (Å²) in [5, 5.41) is 11.3. The summed E-state index contributed by atoms with van der Waals surface area (Å²) in [6.07, 6.45) is 1.26. The van der Waals surface area contributed by atoms with Gasteiger partial charge in [0, 0.05) is 25.6 Å². The molecule has 1 aliphatic carbocycles. The van der Waals surface area contributed by atoms with Gasteiger partial charge in [-0.2, -0.15) is 0 Å². The highest BCUT2D eigenvalue weighted by atomic mass is 32.1. The number of hydrogen-bond acceptors (Lipinski definition) is 7. The summed E-state index contributed by atoms with van der Waals surface area (Å²) in [5.74, 6) is 0. The van der Waals surface area contributed by atoms with Crippen molar-refractivity contribution in [3.63, 3.8) is 0 Å². The quantitative estimate of drug-likeness (QED) is 0.870. The Labute approximate surface area is 137 Å².